The van der Waals surface area contributed by atoms with E-state index in [1.165, 1.54) is 56.5 Å². The van der Waals surface area contributed by atoms with Crippen molar-refractivity contribution in [1.82, 2.24) is 9.78 Å². The van der Waals surface area contributed by atoms with Crippen LogP contribution in [0, 0.1) is 0 Å². The summed E-state index contributed by atoms with van der Waals surface area (Å²) in [5, 5.41) is 23.7. The molecule has 0 fully saturated rings. The summed E-state index contributed by atoms with van der Waals surface area (Å²) in [6.45, 7) is 1.20. The molecule has 0 spiro atoms. The Kier molecular flexibility index (Phi) is 13.6. The van der Waals surface area contributed by atoms with E-state index in [4.69, 9.17) is 4.74 Å². The second-order valence-electron chi connectivity index (χ2n) is 7.95. The molecule has 4 rings (SSSR count). The summed E-state index contributed by atoms with van der Waals surface area (Å²) in [5.74, 6) is -1.43. The van der Waals surface area contributed by atoms with Crippen molar-refractivity contribution in [1.29, 1.82) is 0 Å². The third kappa shape index (κ3) is 8.75. The van der Waals surface area contributed by atoms with Gasteiger partial charge in [0, 0.05) is 11.8 Å². The van der Waals surface area contributed by atoms with Crippen molar-refractivity contribution in [3.63, 3.8) is 0 Å². The van der Waals surface area contributed by atoms with Crippen molar-refractivity contribution in [2.75, 3.05) is 17.4 Å². The number of anilines is 2. The number of benzene rings is 2. The van der Waals surface area contributed by atoms with Gasteiger partial charge in [-0.05, 0) is 54.6 Å². The summed E-state index contributed by atoms with van der Waals surface area (Å²) in [6, 6.07) is 10.6. The second-order valence-corrected chi connectivity index (χ2v) is 10.1. The third-order valence-corrected chi connectivity index (χ3v) is 6.72. The number of carbonyl (C=O) groups is 2. The number of aromatic nitrogens is 2. The molecule has 214 valence electrons. The largest absolute Gasteiger partial charge is 1.00 e. The van der Waals surface area contributed by atoms with E-state index in [1.807, 2.05) is 0 Å². The first-order chi connectivity index (χ1) is 19.5. The average molecular weight is 649 g/mol. The number of methoxy groups -OCH3 is 1. The SMILES string of the molecule is COC=NC1=NN(c2ccc(SOO[O-])cc2)C(=O)/C1=C\c1c(NC(C)=O)[nH]n(-c2ccc(S(=O)(=O)[O-])cc2)c1=O.[Na+].[Na+]. The van der Waals surface area contributed by atoms with E-state index in [0.717, 1.165) is 28.2 Å². The van der Waals surface area contributed by atoms with Gasteiger partial charge in [0.1, 0.15) is 15.9 Å². The van der Waals surface area contributed by atoms with Crippen molar-refractivity contribution in [2.45, 2.75) is 16.7 Å². The zero-order valence-electron chi connectivity index (χ0n) is 23.0. The van der Waals surface area contributed by atoms with Crippen molar-refractivity contribution in [2.24, 2.45) is 10.1 Å². The maximum absolute atomic E-state index is 13.4. The number of nitrogens with one attached hydrogen (secondary N) is 2. The zero-order valence-corrected chi connectivity index (χ0v) is 28.6. The normalized spacial score (nSPS) is 14.0. The van der Waals surface area contributed by atoms with Gasteiger partial charge in [-0.2, -0.15) is 14.3 Å². The van der Waals surface area contributed by atoms with Gasteiger partial charge in [-0.25, -0.2) is 13.1 Å². The summed E-state index contributed by atoms with van der Waals surface area (Å²) in [7, 11) is -3.39. The second kappa shape index (κ2) is 15.9. The van der Waals surface area contributed by atoms with Crippen LogP contribution in [0.1, 0.15) is 12.5 Å². The molecule has 43 heavy (non-hydrogen) atoms. The molecule has 0 bridgehead atoms. The topological polar surface area (TPSA) is 220 Å². The van der Waals surface area contributed by atoms with Crippen LogP contribution in [0.15, 0.2) is 78.8 Å². The average Bonchev–Trinajstić information content (AvgIpc) is 3.41. The fourth-order valence-electron chi connectivity index (χ4n) is 3.54. The molecule has 20 heteroatoms. The standard InChI is InChI=1S/C23H20N6O10S2.2Na/c1-13(30)25-21-19(23(32)29(27-21)15-5-9-17(10-6-15)41(34,35)36)11-18-20(24-12-37-2)26-28(22(18)31)14-3-7-16(8-4-14)40-39-38-33;;/h3-12,27,33H,1-2H3,(H,25,30)(H,34,35,36);;/q;2*+1/p-2/b18-11-,24-12?;;. The van der Waals surface area contributed by atoms with E-state index >= 15 is 0 Å². The molecule has 3 aromatic rings. The number of H-pyrrole nitrogens is 1. The van der Waals surface area contributed by atoms with Crippen molar-refractivity contribution >= 4 is 63.8 Å². The molecule has 0 unspecified atom stereocenters. The molecule has 0 saturated carbocycles. The van der Waals surface area contributed by atoms with Gasteiger partial charge in [0.15, 0.2) is 12.2 Å². The Morgan fingerprint density at radius 2 is 1.72 bits per heavy atom. The van der Waals surface area contributed by atoms with Crippen LogP contribution >= 0.6 is 12.0 Å². The van der Waals surface area contributed by atoms with Gasteiger partial charge in [0.05, 0.1) is 46.6 Å². The van der Waals surface area contributed by atoms with Gasteiger partial charge in [-0.1, -0.05) is 0 Å². The van der Waals surface area contributed by atoms with Crippen LogP contribution in [0.4, 0.5) is 11.5 Å². The van der Waals surface area contributed by atoms with Gasteiger partial charge in [0.25, 0.3) is 11.5 Å². The van der Waals surface area contributed by atoms with Gasteiger partial charge >= 0.3 is 59.1 Å². The molecule has 0 atom stereocenters. The predicted octanol–water partition coefficient (Wildman–Crippen LogP) is -5.31. The Bertz CT molecular complexity index is 1740. The molecular weight excluding hydrogens is 630 g/mol. The number of amidine groups is 1. The molecular formula is C23H18N6Na2O10S2. The summed E-state index contributed by atoms with van der Waals surface area (Å²) in [6.07, 6.45) is 2.20. The van der Waals surface area contributed by atoms with Crippen LogP contribution < -0.4 is 80.3 Å². The Balaban J connectivity index is 0.00000323. The van der Waals surface area contributed by atoms with Gasteiger partial charge in [0.2, 0.25) is 5.91 Å². The van der Waals surface area contributed by atoms with E-state index < -0.39 is 32.4 Å². The Labute approximate surface area is 292 Å². The van der Waals surface area contributed by atoms with Crippen LogP contribution in [0.3, 0.4) is 0 Å². The Morgan fingerprint density at radius 1 is 1.09 bits per heavy atom. The van der Waals surface area contributed by atoms with Crippen molar-refractivity contribution < 1.29 is 101 Å². The number of aliphatic imine (C=N–C) groups is 1. The molecule has 0 saturated heterocycles. The van der Waals surface area contributed by atoms with E-state index in [0.29, 0.717) is 22.6 Å². The van der Waals surface area contributed by atoms with E-state index in [1.54, 1.807) is 0 Å². The minimum Gasteiger partial charge on any atom is -0.744 e. The van der Waals surface area contributed by atoms with E-state index in [-0.39, 0.29) is 87.6 Å². The van der Waals surface area contributed by atoms with Crippen molar-refractivity contribution in [3.8, 4) is 5.69 Å². The number of hydrazone groups is 1. The molecule has 1 aliphatic heterocycles. The Morgan fingerprint density at radius 3 is 2.28 bits per heavy atom. The van der Waals surface area contributed by atoms with Gasteiger partial charge in [-0.15, -0.1) is 5.10 Å². The fourth-order valence-corrected chi connectivity index (χ4v) is 4.37. The zero-order chi connectivity index (χ0) is 29.7. The summed E-state index contributed by atoms with van der Waals surface area (Å²) in [5.41, 5.74) is -0.593. The van der Waals surface area contributed by atoms with E-state index in [9.17, 15) is 32.6 Å². The number of amides is 2. The summed E-state index contributed by atoms with van der Waals surface area (Å²) in [4.78, 5) is 42.7. The predicted molar refractivity (Wildman–Crippen MR) is 142 cm³/mol. The number of hydrogen-bond donors (Lipinski definition) is 2. The van der Waals surface area contributed by atoms with E-state index in [2.05, 4.69) is 29.9 Å². The van der Waals surface area contributed by atoms with Crippen LogP contribution in [0.2, 0.25) is 0 Å². The first-order valence-corrected chi connectivity index (χ1v) is 13.3. The molecule has 2 amide bonds. The van der Waals surface area contributed by atoms with Crippen LogP contribution in [0.5, 0.6) is 0 Å². The minimum absolute atomic E-state index is 0. The molecule has 2 heterocycles. The van der Waals surface area contributed by atoms with Gasteiger partial charge < -0.3 is 19.9 Å². The third-order valence-electron chi connectivity index (χ3n) is 5.28. The Hall–Kier alpha value is -2.59. The molecule has 1 aromatic heterocycles. The van der Waals surface area contributed by atoms with Crippen LogP contribution in [-0.4, -0.2) is 53.9 Å². The number of nitrogens with zero attached hydrogens (tertiary/aromatic N) is 4. The number of aromatic amines is 1. The minimum atomic E-state index is -4.72. The van der Waals surface area contributed by atoms with Crippen LogP contribution in [-0.2, 0) is 33.8 Å². The van der Waals surface area contributed by atoms with Gasteiger partial charge in [-0.3, -0.25) is 24.5 Å². The quantitative estimate of drug-likeness (QED) is 0.0326. The molecule has 2 aromatic carbocycles. The number of carbonyl (C=O) groups excluding carboxylic acids is 2. The molecule has 2 N–H and O–H groups in total. The molecule has 1 aliphatic rings. The molecule has 0 radical (unpaired) electrons. The summed E-state index contributed by atoms with van der Waals surface area (Å²) < 4.78 is 43.9. The fraction of sp³-hybridized carbons (Fsp3) is 0.0870. The first kappa shape index (κ1) is 36.6. The molecule has 16 nitrogen and oxygen atoms in total. The first-order valence-electron chi connectivity index (χ1n) is 11.2. The maximum Gasteiger partial charge on any atom is 1.00 e. The van der Waals surface area contributed by atoms with Crippen molar-refractivity contribution in [3.05, 3.63) is 70.0 Å². The maximum atomic E-state index is 13.4. The smallest absolute Gasteiger partial charge is 0.744 e. The number of rotatable bonds is 9. The number of hydrogen-bond acceptors (Lipinski definition) is 13. The van der Waals surface area contributed by atoms with Crippen LogP contribution in [0.25, 0.3) is 11.8 Å². The number of ether oxygens (including phenoxy) is 1. The summed E-state index contributed by atoms with van der Waals surface area (Å²) >= 11 is 0.651. The monoisotopic (exact) mass is 648 g/mol. The molecule has 0 aliphatic carbocycles.